The molecule has 0 amide bonds. The van der Waals surface area contributed by atoms with E-state index in [4.69, 9.17) is 0 Å². The van der Waals surface area contributed by atoms with Crippen molar-refractivity contribution >= 4 is 11.8 Å². The topological polar surface area (TPSA) is 28.1 Å². The van der Waals surface area contributed by atoms with E-state index in [0.29, 0.717) is 0 Å². The molecule has 2 nitrogen and oxygen atoms in total. The van der Waals surface area contributed by atoms with Gasteiger partial charge in [0.25, 0.3) is 0 Å². The van der Waals surface area contributed by atoms with Crippen molar-refractivity contribution in [2.75, 3.05) is 7.05 Å². The average Bonchev–Trinajstić information content (AvgIpc) is 2.36. The van der Waals surface area contributed by atoms with E-state index >= 15 is 0 Å². The second-order valence-electron chi connectivity index (χ2n) is 2.47. The highest BCUT2D eigenvalue weighted by molar-refractivity contribution is 5.85. The Hall–Kier alpha value is -1.31. The lowest BCUT2D eigenvalue weighted by molar-refractivity contribution is 1.35. The van der Waals surface area contributed by atoms with Crippen LogP contribution >= 0.6 is 0 Å². The predicted molar refractivity (Wildman–Crippen MR) is 49.0 cm³/mol. The molecule has 2 heteroatoms. The molecule has 1 aromatic rings. The smallest absolute Gasteiger partial charge is 0.0637 e. The molecular weight excluding hydrogens is 136 g/mol. The number of rotatable bonds is 2. The fourth-order valence-corrected chi connectivity index (χ4v) is 0.990. The summed E-state index contributed by atoms with van der Waals surface area (Å²) >= 11 is 0. The summed E-state index contributed by atoms with van der Waals surface area (Å²) in [7, 11) is 1.75. The van der Waals surface area contributed by atoms with Crippen LogP contribution in [-0.2, 0) is 0 Å². The number of aromatic nitrogens is 1. The van der Waals surface area contributed by atoms with Gasteiger partial charge in [-0.05, 0) is 18.6 Å². The molecule has 1 aromatic heterocycles. The van der Waals surface area contributed by atoms with Crippen LogP contribution in [0.25, 0.3) is 5.57 Å². The molecule has 0 radical (unpaired) electrons. The molecule has 0 unspecified atom stereocenters. The zero-order valence-corrected chi connectivity index (χ0v) is 6.89. The maximum Gasteiger partial charge on any atom is 0.0637 e. The van der Waals surface area contributed by atoms with Crippen molar-refractivity contribution in [2.24, 2.45) is 4.99 Å². The summed E-state index contributed by atoms with van der Waals surface area (Å²) in [6.45, 7) is 5.84. The zero-order valence-electron chi connectivity index (χ0n) is 6.89. The quantitative estimate of drug-likeness (QED) is 0.622. The largest absolute Gasteiger partial charge is 0.360 e. The molecule has 0 aliphatic heterocycles. The predicted octanol–water partition coefficient (Wildman–Crippen LogP) is 2.10. The van der Waals surface area contributed by atoms with Gasteiger partial charge in [0.1, 0.15) is 0 Å². The Bertz CT molecular complexity index is 282. The first kappa shape index (κ1) is 7.79. The number of aliphatic imine (C=N–C) groups is 1. The fourth-order valence-electron chi connectivity index (χ4n) is 0.990. The highest BCUT2D eigenvalue weighted by Gasteiger charge is 1.99. The molecule has 1 heterocycles. The van der Waals surface area contributed by atoms with Crippen LogP contribution < -0.4 is 0 Å². The van der Waals surface area contributed by atoms with Crippen LogP contribution in [0.1, 0.15) is 18.2 Å². The van der Waals surface area contributed by atoms with Crippen LogP contribution in [0.3, 0.4) is 0 Å². The zero-order chi connectivity index (χ0) is 8.27. The maximum atomic E-state index is 3.92. The fraction of sp³-hybridized carbons (Fsp3) is 0.222. The number of hydrogen-bond acceptors (Lipinski definition) is 1. The van der Waals surface area contributed by atoms with Crippen molar-refractivity contribution in [1.82, 2.24) is 4.98 Å². The van der Waals surface area contributed by atoms with Gasteiger partial charge in [-0.3, -0.25) is 4.99 Å². The molecule has 1 rings (SSSR count). The van der Waals surface area contributed by atoms with Gasteiger partial charge in [-0.2, -0.15) is 0 Å². The van der Waals surface area contributed by atoms with E-state index in [1.807, 2.05) is 19.2 Å². The van der Waals surface area contributed by atoms with Crippen molar-refractivity contribution in [3.05, 3.63) is 30.1 Å². The summed E-state index contributed by atoms with van der Waals surface area (Å²) in [6, 6.07) is 2.00. The molecule has 0 aliphatic rings. The number of nitrogens with zero attached hydrogens (tertiary/aromatic N) is 1. The second-order valence-corrected chi connectivity index (χ2v) is 2.47. The van der Waals surface area contributed by atoms with Gasteiger partial charge in [-0.1, -0.05) is 6.58 Å². The monoisotopic (exact) mass is 148 g/mol. The summed E-state index contributed by atoms with van der Waals surface area (Å²) < 4.78 is 0. The molecule has 1 N–H and O–H groups in total. The lowest BCUT2D eigenvalue weighted by atomic mass is 10.1. The number of H-pyrrole nitrogens is 1. The lowest BCUT2D eigenvalue weighted by Gasteiger charge is -1.95. The highest BCUT2D eigenvalue weighted by atomic mass is 14.7. The first-order chi connectivity index (χ1) is 5.25. The van der Waals surface area contributed by atoms with Gasteiger partial charge in [-0.25, -0.2) is 0 Å². The molecule has 0 aliphatic carbocycles. The minimum Gasteiger partial charge on any atom is -0.360 e. The Labute approximate surface area is 66.7 Å². The molecule has 0 saturated heterocycles. The van der Waals surface area contributed by atoms with Crippen molar-refractivity contribution in [3.8, 4) is 0 Å². The van der Waals surface area contributed by atoms with Gasteiger partial charge in [0.15, 0.2) is 0 Å². The highest BCUT2D eigenvalue weighted by Crippen LogP contribution is 2.13. The van der Waals surface area contributed by atoms with E-state index in [0.717, 1.165) is 16.8 Å². The van der Waals surface area contributed by atoms with Crippen molar-refractivity contribution in [2.45, 2.75) is 6.92 Å². The van der Waals surface area contributed by atoms with Crippen molar-refractivity contribution in [3.63, 3.8) is 0 Å². The number of hydrogen-bond donors (Lipinski definition) is 1. The maximum absolute atomic E-state index is 3.92. The molecular formula is C9H12N2. The first-order valence-corrected chi connectivity index (χ1v) is 3.51. The summed E-state index contributed by atoms with van der Waals surface area (Å²) in [5.41, 5.74) is 3.22. The van der Waals surface area contributed by atoms with E-state index in [9.17, 15) is 0 Å². The minimum atomic E-state index is 1.03. The molecule has 0 aromatic carbocycles. The number of nitrogens with one attached hydrogen (secondary N) is 1. The van der Waals surface area contributed by atoms with Gasteiger partial charge >= 0.3 is 0 Å². The molecule has 0 fully saturated rings. The third-order valence-corrected chi connectivity index (χ3v) is 1.50. The van der Waals surface area contributed by atoms with Crippen LogP contribution in [0, 0.1) is 0 Å². The Morgan fingerprint density at radius 1 is 1.73 bits per heavy atom. The van der Waals surface area contributed by atoms with Crippen LogP contribution in [0.15, 0.2) is 23.8 Å². The summed E-state index contributed by atoms with van der Waals surface area (Å²) in [6.07, 6.45) is 3.69. The van der Waals surface area contributed by atoms with Gasteiger partial charge in [0, 0.05) is 25.0 Å². The lowest BCUT2D eigenvalue weighted by Crippen LogP contribution is -1.85. The third-order valence-electron chi connectivity index (χ3n) is 1.50. The van der Waals surface area contributed by atoms with Gasteiger partial charge in [0.2, 0.25) is 0 Å². The average molecular weight is 148 g/mol. The third kappa shape index (κ3) is 1.58. The van der Waals surface area contributed by atoms with Crippen LogP contribution in [-0.4, -0.2) is 18.2 Å². The van der Waals surface area contributed by atoms with E-state index < -0.39 is 0 Å². The summed E-state index contributed by atoms with van der Waals surface area (Å²) in [5, 5.41) is 0. The molecule has 58 valence electrons. The SMILES string of the molecule is C=C(C)c1cc[nH]c1C=NC. The Morgan fingerprint density at radius 2 is 2.45 bits per heavy atom. The molecule has 0 atom stereocenters. The molecule has 0 saturated carbocycles. The normalized spacial score (nSPS) is 10.7. The van der Waals surface area contributed by atoms with E-state index in [-0.39, 0.29) is 0 Å². The van der Waals surface area contributed by atoms with Gasteiger partial charge in [-0.15, -0.1) is 0 Å². The van der Waals surface area contributed by atoms with Gasteiger partial charge < -0.3 is 4.98 Å². The second kappa shape index (κ2) is 3.19. The molecule has 0 bridgehead atoms. The summed E-state index contributed by atoms with van der Waals surface area (Å²) in [4.78, 5) is 7.00. The van der Waals surface area contributed by atoms with E-state index in [1.54, 1.807) is 13.3 Å². The Kier molecular flexibility index (Phi) is 2.26. The minimum absolute atomic E-state index is 1.03. The van der Waals surface area contributed by atoms with Crippen LogP contribution in [0.2, 0.25) is 0 Å². The number of allylic oxidation sites excluding steroid dienone is 1. The van der Waals surface area contributed by atoms with Crippen LogP contribution in [0.5, 0.6) is 0 Å². The van der Waals surface area contributed by atoms with Gasteiger partial charge in [0.05, 0.1) is 5.69 Å². The Morgan fingerprint density at radius 3 is 3.00 bits per heavy atom. The summed E-state index contributed by atoms with van der Waals surface area (Å²) in [5.74, 6) is 0. The van der Waals surface area contributed by atoms with E-state index in [2.05, 4.69) is 16.6 Å². The Balaban J connectivity index is 3.05. The first-order valence-electron chi connectivity index (χ1n) is 3.51. The number of aromatic amines is 1. The van der Waals surface area contributed by atoms with Crippen molar-refractivity contribution in [1.29, 1.82) is 0 Å². The van der Waals surface area contributed by atoms with E-state index in [1.165, 1.54) is 0 Å². The van der Waals surface area contributed by atoms with Crippen molar-refractivity contribution < 1.29 is 0 Å². The van der Waals surface area contributed by atoms with Crippen LogP contribution in [0.4, 0.5) is 0 Å². The molecule has 11 heavy (non-hydrogen) atoms. The molecule has 0 spiro atoms. The standard InChI is InChI=1S/C9H12N2/c1-7(2)8-4-5-11-9(8)6-10-3/h4-6,11H,1H2,2-3H3.